The number of thioether (sulfide) groups is 1. The van der Waals surface area contributed by atoms with E-state index >= 15 is 0 Å². The molecule has 0 saturated carbocycles. The van der Waals surface area contributed by atoms with E-state index in [1.54, 1.807) is 22.7 Å². The van der Waals surface area contributed by atoms with Crippen molar-refractivity contribution in [2.75, 3.05) is 26.3 Å². The molecule has 208 valence electrons. The molecule has 3 aliphatic heterocycles. The zero-order chi connectivity index (χ0) is 27.6. The van der Waals surface area contributed by atoms with Crippen molar-refractivity contribution in [3.63, 3.8) is 0 Å². The first-order valence-corrected chi connectivity index (χ1v) is 14.5. The maximum Gasteiger partial charge on any atom is 0.310 e. The number of amides is 2. The number of β-amino-alcohol motifs (C(OH)–C–C–N with tert-alkyl or cyclic N) is 1. The number of hydrogen-bond donors (Lipinski definition) is 1. The first-order chi connectivity index (χ1) is 17.3. The summed E-state index contributed by atoms with van der Waals surface area (Å²) in [6.45, 7) is 18.7. The molecule has 5 atom stereocenters. The summed E-state index contributed by atoms with van der Waals surface area (Å²) in [4.78, 5) is 45.0. The van der Waals surface area contributed by atoms with E-state index in [0.717, 1.165) is 32.1 Å². The summed E-state index contributed by atoms with van der Waals surface area (Å²) < 4.78 is 4.97. The number of hydrogen-bond acceptors (Lipinski definition) is 6. The molecule has 0 aromatic heterocycles. The molecule has 2 unspecified atom stereocenters. The third kappa shape index (κ3) is 5.80. The third-order valence-electron chi connectivity index (χ3n) is 7.97. The van der Waals surface area contributed by atoms with Crippen LogP contribution in [0.5, 0.6) is 0 Å². The number of ether oxygens (including phenoxy) is 1. The predicted molar refractivity (Wildman–Crippen MR) is 148 cm³/mol. The van der Waals surface area contributed by atoms with Crippen molar-refractivity contribution < 1.29 is 24.2 Å². The van der Waals surface area contributed by atoms with Crippen LogP contribution in [0, 0.1) is 17.3 Å². The van der Waals surface area contributed by atoms with Crippen LogP contribution in [0.1, 0.15) is 73.1 Å². The minimum atomic E-state index is -0.725. The van der Waals surface area contributed by atoms with Crippen LogP contribution in [0.4, 0.5) is 0 Å². The van der Waals surface area contributed by atoms with E-state index in [1.807, 2.05) is 11.0 Å². The molecule has 1 N–H and O–H groups in total. The Kier molecular flexibility index (Phi) is 9.26. The van der Waals surface area contributed by atoms with Gasteiger partial charge in [0.05, 0.1) is 29.8 Å². The number of allylic oxidation sites excluding steroid dienone is 1. The number of aliphatic hydroxyl groups is 1. The Hall–Kier alpha value is -1.80. The maximum absolute atomic E-state index is 14.4. The van der Waals surface area contributed by atoms with Gasteiger partial charge in [0.25, 0.3) is 0 Å². The fourth-order valence-corrected chi connectivity index (χ4v) is 9.21. The molecule has 0 radical (unpaired) electrons. The number of rotatable bonds is 13. The Morgan fingerprint density at radius 1 is 1.22 bits per heavy atom. The first-order valence-electron chi connectivity index (χ1n) is 13.6. The lowest BCUT2D eigenvalue weighted by Crippen LogP contribution is -2.60. The van der Waals surface area contributed by atoms with Gasteiger partial charge in [-0.25, -0.2) is 0 Å². The second kappa shape index (κ2) is 11.5. The molecule has 3 aliphatic rings. The zero-order valence-corrected chi connectivity index (χ0v) is 24.1. The molecular formula is C29H46N2O5S. The summed E-state index contributed by atoms with van der Waals surface area (Å²) in [5, 5.41) is 9.82. The summed E-state index contributed by atoms with van der Waals surface area (Å²) in [7, 11) is 0. The molecule has 0 aromatic carbocycles. The first kappa shape index (κ1) is 29.8. The lowest BCUT2D eigenvalue weighted by molar-refractivity contribution is -0.154. The van der Waals surface area contributed by atoms with Crippen molar-refractivity contribution in [1.29, 1.82) is 0 Å². The summed E-state index contributed by atoms with van der Waals surface area (Å²) >= 11 is 1.63. The van der Waals surface area contributed by atoms with Crippen LogP contribution in [0.2, 0.25) is 0 Å². The molecule has 2 amide bonds. The fourth-order valence-electron chi connectivity index (χ4n) is 7.01. The monoisotopic (exact) mass is 534 g/mol. The van der Waals surface area contributed by atoms with Crippen molar-refractivity contribution in [2.24, 2.45) is 17.3 Å². The van der Waals surface area contributed by atoms with E-state index < -0.39 is 28.2 Å². The minimum Gasteiger partial charge on any atom is -0.465 e. The number of carbonyl (C=O) groups excluding carboxylic acids is 3. The molecule has 7 nitrogen and oxygen atoms in total. The van der Waals surface area contributed by atoms with Gasteiger partial charge >= 0.3 is 5.97 Å². The molecule has 37 heavy (non-hydrogen) atoms. The number of carbonyl (C=O) groups is 3. The number of unbranched alkanes of at least 4 members (excludes halogenated alkanes) is 2. The van der Waals surface area contributed by atoms with Gasteiger partial charge in [0.1, 0.15) is 6.04 Å². The Morgan fingerprint density at radius 2 is 1.92 bits per heavy atom. The number of likely N-dealkylation sites (tertiary alicyclic amines) is 1. The third-order valence-corrected chi connectivity index (χ3v) is 9.92. The summed E-state index contributed by atoms with van der Waals surface area (Å²) in [6, 6.07) is -0.725. The normalized spacial score (nSPS) is 28.8. The molecule has 1 spiro atoms. The molecule has 3 fully saturated rings. The molecule has 0 aromatic rings. The standard InChI is InChI=1S/C29H46N2O5S/c1-8-10-11-12-18-36-26(35)21-20-13-14-29(37-20)22(21)24(33)30(16-17-32)23(29)25(34)31(15-9-2)28(6,7)19-27(3,4)5/h8-9,20-23,32H,1-2,10-19H2,3-7H3/t20-,21+,22-,23?,29?/m0/s1. The second-order valence-electron chi connectivity index (χ2n) is 12.6. The fraction of sp³-hybridized carbons (Fsp3) is 0.759. The number of aliphatic hydroxyl groups excluding tert-OH is 1. The summed E-state index contributed by atoms with van der Waals surface area (Å²) in [5.74, 6) is -1.81. The second-order valence-corrected chi connectivity index (χ2v) is 14.2. The number of esters is 1. The Bertz CT molecular complexity index is 897. The van der Waals surface area contributed by atoms with Gasteiger partial charge in [-0.2, -0.15) is 0 Å². The van der Waals surface area contributed by atoms with Crippen LogP contribution in [-0.2, 0) is 19.1 Å². The van der Waals surface area contributed by atoms with E-state index in [-0.39, 0.29) is 41.6 Å². The predicted octanol–water partition coefficient (Wildman–Crippen LogP) is 4.20. The number of fused-ring (bicyclic) bond motifs is 1. The van der Waals surface area contributed by atoms with Gasteiger partial charge < -0.3 is 19.6 Å². The molecule has 0 aliphatic carbocycles. The van der Waals surface area contributed by atoms with Gasteiger partial charge in [-0.15, -0.1) is 24.9 Å². The van der Waals surface area contributed by atoms with E-state index in [9.17, 15) is 19.5 Å². The van der Waals surface area contributed by atoms with Crippen LogP contribution in [0.15, 0.2) is 25.3 Å². The van der Waals surface area contributed by atoms with Crippen LogP contribution in [0.25, 0.3) is 0 Å². The van der Waals surface area contributed by atoms with E-state index in [2.05, 4.69) is 47.8 Å². The molecule has 3 rings (SSSR count). The molecule has 8 heteroatoms. The summed E-state index contributed by atoms with van der Waals surface area (Å²) in [5.41, 5.74) is -0.487. The lowest BCUT2D eigenvalue weighted by Gasteiger charge is -2.46. The van der Waals surface area contributed by atoms with Gasteiger partial charge in [0.15, 0.2) is 0 Å². The SMILES string of the molecule is C=CCCCCOC(=O)[C@@H]1[C@@H]2CCC3(S2)C(C(=O)N(CC=C)C(C)(C)CC(C)(C)C)N(CCO)C(=O)[C@H]13. The van der Waals surface area contributed by atoms with Crippen LogP contribution in [0.3, 0.4) is 0 Å². The highest BCUT2D eigenvalue weighted by Crippen LogP contribution is 2.66. The highest BCUT2D eigenvalue weighted by atomic mass is 32.2. The van der Waals surface area contributed by atoms with E-state index in [0.29, 0.717) is 19.6 Å². The molecule has 3 heterocycles. The highest BCUT2D eigenvalue weighted by molar-refractivity contribution is 8.02. The quantitative estimate of drug-likeness (QED) is 0.217. The molecule has 3 saturated heterocycles. The van der Waals surface area contributed by atoms with Crippen LogP contribution < -0.4 is 0 Å². The number of nitrogens with zero attached hydrogens (tertiary/aromatic N) is 2. The topological polar surface area (TPSA) is 87.2 Å². The van der Waals surface area contributed by atoms with Crippen molar-refractivity contribution in [2.45, 2.75) is 94.7 Å². The molecule has 2 bridgehead atoms. The minimum absolute atomic E-state index is 0.0125. The van der Waals surface area contributed by atoms with Crippen molar-refractivity contribution in [3.8, 4) is 0 Å². The Balaban J connectivity index is 1.92. The Labute approximate surface area is 227 Å². The van der Waals surface area contributed by atoms with E-state index in [4.69, 9.17) is 4.74 Å². The smallest absolute Gasteiger partial charge is 0.310 e. The average molecular weight is 535 g/mol. The van der Waals surface area contributed by atoms with Crippen LogP contribution in [-0.4, -0.2) is 80.6 Å². The zero-order valence-electron chi connectivity index (χ0n) is 23.3. The largest absolute Gasteiger partial charge is 0.465 e. The summed E-state index contributed by atoms with van der Waals surface area (Å²) in [6.07, 6.45) is 8.34. The average Bonchev–Trinajstić information content (AvgIpc) is 3.43. The van der Waals surface area contributed by atoms with Gasteiger partial charge in [-0.05, 0) is 57.8 Å². The van der Waals surface area contributed by atoms with Gasteiger partial charge in [-0.1, -0.05) is 32.9 Å². The van der Waals surface area contributed by atoms with E-state index in [1.165, 1.54) is 0 Å². The van der Waals surface area contributed by atoms with Crippen molar-refractivity contribution >= 4 is 29.5 Å². The van der Waals surface area contributed by atoms with Crippen molar-refractivity contribution in [1.82, 2.24) is 9.80 Å². The maximum atomic E-state index is 14.4. The molecular weight excluding hydrogens is 488 g/mol. The Morgan fingerprint density at radius 3 is 2.51 bits per heavy atom. The van der Waals surface area contributed by atoms with Crippen molar-refractivity contribution in [3.05, 3.63) is 25.3 Å². The lowest BCUT2D eigenvalue weighted by atomic mass is 9.71. The highest BCUT2D eigenvalue weighted by Gasteiger charge is 2.74. The van der Waals surface area contributed by atoms with Gasteiger partial charge in [-0.3, -0.25) is 14.4 Å². The van der Waals surface area contributed by atoms with Gasteiger partial charge in [0.2, 0.25) is 11.8 Å². The van der Waals surface area contributed by atoms with Gasteiger partial charge in [0, 0.05) is 23.9 Å². The van der Waals surface area contributed by atoms with Crippen LogP contribution >= 0.6 is 11.8 Å².